The summed E-state index contributed by atoms with van der Waals surface area (Å²) in [5, 5.41) is 0. The molecule has 1 fully saturated rings. The molecule has 0 aliphatic heterocycles. The van der Waals surface area contributed by atoms with Crippen LogP contribution in [-0.2, 0) is 0 Å². The van der Waals surface area contributed by atoms with Crippen LogP contribution in [-0.4, -0.2) is 7.05 Å². The molecule has 0 atom stereocenters. The third-order valence-electron chi connectivity index (χ3n) is 2.19. The normalized spacial score (nSPS) is 17.1. The van der Waals surface area contributed by atoms with Crippen molar-refractivity contribution in [3.63, 3.8) is 0 Å². The molecule has 0 amide bonds. The second-order valence-electron chi connectivity index (χ2n) is 2.94. The largest absolute Gasteiger partial charge is 0.333 e. The zero-order chi connectivity index (χ0) is 7.82. The number of hydrogen-bond donors (Lipinski definition) is 1. The van der Waals surface area contributed by atoms with Gasteiger partial charge in [-0.2, -0.15) is 0 Å². The minimum absolute atomic E-state index is 1.13. The maximum atomic E-state index is 4.50. The summed E-state index contributed by atoms with van der Waals surface area (Å²) < 4.78 is 0. The minimum atomic E-state index is 1.13. The van der Waals surface area contributed by atoms with Gasteiger partial charge in [0.1, 0.15) is 0 Å². The van der Waals surface area contributed by atoms with Crippen molar-refractivity contribution in [2.75, 3.05) is 7.05 Å². The summed E-state index contributed by atoms with van der Waals surface area (Å²) in [5.74, 6) is 1.13. The van der Waals surface area contributed by atoms with Crippen LogP contribution in [0.2, 0.25) is 0 Å². The van der Waals surface area contributed by atoms with Crippen LogP contribution >= 0.6 is 0 Å². The lowest BCUT2D eigenvalue weighted by Gasteiger charge is -2.24. The van der Waals surface area contributed by atoms with Gasteiger partial charge in [0.2, 0.25) is 0 Å². The van der Waals surface area contributed by atoms with Gasteiger partial charge in [0, 0.05) is 0 Å². The highest BCUT2D eigenvalue weighted by molar-refractivity contribution is 4.68. The topological polar surface area (TPSA) is 26.0 Å². The molecule has 1 aliphatic carbocycles. The lowest BCUT2D eigenvalue weighted by atomic mass is 9.82. The van der Waals surface area contributed by atoms with E-state index in [-0.39, 0.29) is 0 Å². The number of unbranched alkanes of at least 4 members (excludes halogenated alkanes) is 1. The van der Waals surface area contributed by atoms with Crippen LogP contribution in [0.1, 0.15) is 45.4 Å². The van der Waals surface area contributed by atoms with E-state index in [2.05, 4.69) is 12.7 Å². The molecule has 1 heteroatoms. The molecule has 1 rings (SSSR count). The second kappa shape index (κ2) is 7.07. The van der Waals surface area contributed by atoms with Gasteiger partial charge in [-0.3, -0.25) is 0 Å². The third-order valence-corrected chi connectivity index (χ3v) is 2.19. The van der Waals surface area contributed by atoms with E-state index >= 15 is 0 Å². The van der Waals surface area contributed by atoms with Gasteiger partial charge >= 0.3 is 0 Å². The molecule has 0 aromatic heterocycles. The predicted molar refractivity (Wildman–Crippen MR) is 47.0 cm³/mol. The molecule has 0 saturated heterocycles. The van der Waals surface area contributed by atoms with Crippen molar-refractivity contribution >= 4 is 0 Å². The van der Waals surface area contributed by atoms with Crippen LogP contribution in [0.25, 0.3) is 0 Å². The van der Waals surface area contributed by atoms with E-state index < -0.39 is 0 Å². The van der Waals surface area contributed by atoms with Crippen molar-refractivity contribution in [3.05, 3.63) is 0 Å². The molecule has 0 bridgehead atoms. The predicted octanol–water partition coefficient (Wildman–Crippen LogP) is 2.55. The average Bonchev–Trinajstić information content (AvgIpc) is 1.90. The van der Waals surface area contributed by atoms with Gasteiger partial charge in [-0.25, -0.2) is 0 Å². The molecular weight excluding hydrogens is 122 g/mol. The fourth-order valence-corrected chi connectivity index (χ4v) is 1.27. The van der Waals surface area contributed by atoms with Crippen molar-refractivity contribution in [1.29, 1.82) is 0 Å². The molecule has 2 N–H and O–H groups in total. The van der Waals surface area contributed by atoms with Gasteiger partial charge in [0.15, 0.2) is 0 Å². The zero-order valence-electron chi connectivity index (χ0n) is 7.40. The van der Waals surface area contributed by atoms with E-state index in [1.54, 1.807) is 0 Å². The molecule has 1 saturated carbocycles. The second-order valence-corrected chi connectivity index (χ2v) is 2.94. The smallest absolute Gasteiger partial charge is 0.0195 e. The molecule has 1 nitrogen and oxygen atoms in total. The molecular formula is C9H21N. The molecule has 0 aromatic carbocycles. The molecule has 0 aromatic rings. The number of hydrogen-bond acceptors (Lipinski definition) is 1. The lowest BCUT2D eigenvalue weighted by Crippen LogP contribution is -2.09. The van der Waals surface area contributed by atoms with Gasteiger partial charge in [0.25, 0.3) is 0 Å². The quantitative estimate of drug-likeness (QED) is 0.645. The Morgan fingerprint density at radius 1 is 1.30 bits per heavy atom. The van der Waals surface area contributed by atoms with Gasteiger partial charge in [-0.1, -0.05) is 45.4 Å². The van der Waals surface area contributed by atoms with Crippen LogP contribution in [0.3, 0.4) is 0 Å². The Labute approximate surface area is 65.0 Å². The van der Waals surface area contributed by atoms with Gasteiger partial charge in [0.05, 0.1) is 0 Å². The molecule has 0 heterocycles. The van der Waals surface area contributed by atoms with E-state index in [1.165, 1.54) is 45.6 Å². The van der Waals surface area contributed by atoms with Gasteiger partial charge in [-0.15, -0.1) is 0 Å². The fourth-order valence-electron chi connectivity index (χ4n) is 1.27. The highest BCUT2D eigenvalue weighted by atomic mass is 14.4. The molecule has 10 heavy (non-hydrogen) atoms. The number of rotatable bonds is 3. The zero-order valence-corrected chi connectivity index (χ0v) is 7.40. The Balaban J connectivity index is 0.000000371. The maximum absolute atomic E-state index is 4.50. The van der Waals surface area contributed by atoms with E-state index in [9.17, 15) is 0 Å². The van der Waals surface area contributed by atoms with E-state index in [0.29, 0.717) is 0 Å². The van der Waals surface area contributed by atoms with E-state index in [0.717, 1.165) is 5.92 Å². The molecule has 0 spiro atoms. The Morgan fingerprint density at radius 3 is 2.20 bits per heavy atom. The van der Waals surface area contributed by atoms with E-state index in [4.69, 9.17) is 0 Å². The summed E-state index contributed by atoms with van der Waals surface area (Å²) in [6.07, 6.45) is 8.92. The Hall–Kier alpha value is -0.0400. The summed E-state index contributed by atoms with van der Waals surface area (Å²) >= 11 is 0. The fraction of sp³-hybridized carbons (Fsp3) is 1.00. The molecule has 0 radical (unpaired) electrons. The lowest BCUT2D eigenvalue weighted by molar-refractivity contribution is 0.289. The first-order valence-electron chi connectivity index (χ1n) is 4.51. The molecule has 0 unspecified atom stereocenters. The standard InChI is InChI=1S/C8H16.CH5N/c1-2-3-5-8-6-4-7-8;1-2/h8H,2-7H2,1H3;2H2,1H3. The molecule has 1 aliphatic rings. The third kappa shape index (κ3) is 3.89. The summed E-state index contributed by atoms with van der Waals surface area (Å²) in [6.45, 7) is 2.28. The van der Waals surface area contributed by atoms with Crippen LogP contribution < -0.4 is 5.73 Å². The first-order valence-corrected chi connectivity index (χ1v) is 4.51. The maximum Gasteiger partial charge on any atom is -0.0195 e. The minimum Gasteiger partial charge on any atom is -0.333 e. The van der Waals surface area contributed by atoms with Crippen molar-refractivity contribution in [3.8, 4) is 0 Å². The number of nitrogens with two attached hydrogens (primary N) is 1. The molecule has 62 valence electrons. The van der Waals surface area contributed by atoms with Gasteiger partial charge in [-0.05, 0) is 13.0 Å². The van der Waals surface area contributed by atoms with Crippen LogP contribution in [0.5, 0.6) is 0 Å². The highest BCUT2D eigenvalue weighted by Gasteiger charge is 2.15. The average molecular weight is 143 g/mol. The first-order chi connectivity index (χ1) is 4.93. The van der Waals surface area contributed by atoms with Crippen LogP contribution in [0, 0.1) is 5.92 Å². The SMILES string of the molecule is CCCCC1CCC1.CN. The summed E-state index contributed by atoms with van der Waals surface area (Å²) in [7, 11) is 1.50. The summed E-state index contributed by atoms with van der Waals surface area (Å²) in [6, 6.07) is 0. The summed E-state index contributed by atoms with van der Waals surface area (Å²) in [5.41, 5.74) is 4.50. The summed E-state index contributed by atoms with van der Waals surface area (Å²) in [4.78, 5) is 0. The van der Waals surface area contributed by atoms with Crippen molar-refractivity contribution < 1.29 is 0 Å². The first kappa shape index (κ1) is 9.96. The Bertz CT molecular complexity index is 57.7. The monoisotopic (exact) mass is 143 g/mol. The Morgan fingerprint density at radius 2 is 1.90 bits per heavy atom. The Kier molecular flexibility index (Phi) is 7.04. The van der Waals surface area contributed by atoms with Crippen LogP contribution in [0.15, 0.2) is 0 Å². The van der Waals surface area contributed by atoms with E-state index in [1.807, 2.05) is 0 Å². The van der Waals surface area contributed by atoms with Crippen molar-refractivity contribution in [1.82, 2.24) is 0 Å². The van der Waals surface area contributed by atoms with Gasteiger partial charge < -0.3 is 5.73 Å². The van der Waals surface area contributed by atoms with Crippen molar-refractivity contribution in [2.24, 2.45) is 11.7 Å². The van der Waals surface area contributed by atoms with Crippen LogP contribution in [0.4, 0.5) is 0 Å². The highest BCUT2D eigenvalue weighted by Crippen LogP contribution is 2.30. The van der Waals surface area contributed by atoms with Crippen molar-refractivity contribution in [2.45, 2.75) is 45.4 Å².